The molecule has 1 heterocycles. The van der Waals surface area contributed by atoms with Crippen LogP contribution in [0.2, 0.25) is 0 Å². The number of aromatic nitrogens is 1. The lowest BCUT2D eigenvalue weighted by Gasteiger charge is -2.09. The summed E-state index contributed by atoms with van der Waals surface area (Å²) in [5.74, 6) is 0. The number of benzene rings is 1. The molecule has 1 aromatic carbocycles. The van der Waals surface area contributed by atoms with Crippen molar-refractivity contribution in [3.05, 3.63) is 48.3 Å². The molecule has 0 aliphatic rings. The van der Waals surface area contributed by atoms with Gasteiger partial charge in [0.05, 0.1) is 12.6 Å². The molecule has 2 aromatic rings. The summed E-state index contributed by atoms with van der Waals surface area (Å²) < 4.78 is 0. The third-order valence-electron chi connectivity index (χ3n) is 2.43. The lowest BCUT2D eigenvalue weighted by molar-refractivity contribution is 0.266. The topological polar surface area (TPSA) is 62.0 Å². The van der Waals surface area contributed by atoms with Crippen LogP contribution in [0.1, 0.15) is 11.7 Å². The van der Waals surface area contributed by atoms with Gasteiger partial charge in [-0.15, -0.1) is 0 Å². The zero-order chi connectivity index (χ0) is 10.7. The number of H-pyrrole nitrogens is 1. The number of aliphatic hydroxyl groups excluding tert-OH is 1. The van der Waals surface area contributed by atoms with E-state index in [1.54, 1.807) is 0 Å². The van der Waals surface area contributed by atoms with Crippen LogP contribution in [-0.4, -0.2) is 16.7 Å². The fourth-order valence-corrected chi connectivity index (χ4v) is 1.65. The summed E-state index contributed by atoms with van der Waals surface area (Å²) in [7, 11) is 0. The number of hydrogen-bond donors (Lipinski definition) is 3. The Labute approximate surface area is 88.6 Å². The zero-order valence-electron chi connectivity index (χ0n) is 8.35. The van der Waals surface area contributed by atoms with Crippen molar-refractivity contribution in [2.24, 2.45) is 5.73 Å². The van der Waals surface area contributed by atoms with Crippen molar-refractivity contribution in [2.75, 3.05) is 6.61 Å². The first-order valence-corrected chi connectivity index (χ1v) is 4.92. The molecule has 78 valence electrons. The highest BCUT2D eigenvalue weighted by molar-refractivity contribution is 5.66. The quantitative estimate of drug-likeness (QED) is 0.709. The summed E-state index contributed by atoms with van der Waals surface area (Å²) in [6, 6.07) is 11.6. The second kappa shape index (κ2) is 4.29. The van der Waals surface area contributed by atoms with Gasteiger partial charge in [0.1, 0.15) is 0 Å². The van der Waals surface area contributed by atoms with Gasteiger partial charge in [-0.2, -0.15) is 0 Å². The number of aliphatic hydroxyl groups is 1. The molecule has 2 rings (SSSR count). The van der Waals surface area contributed by atoms with Crippen LogP contribution in [0.5, 0.6) is 0 Å². The van der Waals surface area contributed by atoms with E-state index < -0.39 is 0 Å². The smallest absolute Gasteiger partial charge is 0.0689 e. The van der Waals surface area contributed by atoms with Gasteiger partial charge in [0.25, 0.3) is 0 Å². The van der Waals surface area contributed by atoms with Gasteiger partial charge in [0, 0.05) is 17.5 Å². The monoisotopic (exact) mass is 202 g/mol. The van der Waals surface area contributed by atoms with E-state index in [9.17, 15) is 0 Å². The van der Waals surface area contributed by atoms with Crippen LogP contribution in [-0.2, 0) is 0 Å². The van der Waals surface area contributed by atoms with Crippen molar-refractivity contribution in [2.45, 2.75) is 6.04 Å². The van der Waals surface area contributed by atoms with E-state index in [-0.39, 0.29) is 12.6 Å². The number of hydrogen-bond acceptors (Lipinski definition) is 2. The Balaban J connectivity index is 2.41. The summed E-state index contributed by atoms with van der Waals surface area (Å²) in [4.78, 5) is 3.07. The van der Waals surface area contributed by atoms with E-state index in [0.717, 1.165) is 16.8 Å². The average Bonchev–Trinajstić information content (AvgIpc) is 2.78. The van der Waals surface area contributed by atoms with Gasteiger partial charge in [-0.05, 0) is 11.6 Å². The summed E-state index contributed by atoms with van der Waals surface area (Å²) in [5, 5.41) is 9.03. The van der Waals surface area contributed by atoms with Crippen LogP contribution in [0.3, 0.4) is 0 Å². The fraction of sp³-hybridized carbons (Fsp3) is 0.167. The van der Waals surface area contributed by atoms with Crippen molar-refractivity contribution in [1.82, 2.24) is 4.98 Å². The second-order valence-corrected chi connectivity index (χ2v) is 3.46. The largest absolute Gasteiger partial charge is 0.394 e. The highest BCUT2D eigenvalue weighted by Gasteiger charge is 2.12. The molecule has 15 heavy (non-hydrogen) atoms. The SMILES string of the molecule is N[C@@H](CO)c1[nH]ccc1-c1ccccc1. The maximum atomic E-state index is 9.03. The van der Waals surface area contributed by atoms with Crippen LogP contribution < -0.4 is 5.73 Å². The lowest BCUT2D eigenvalue weighted by Crippen LogP contribution is -2.15. The minimum Gasteiger partial charge on any atom is -0.394 e. The van der Waals surface area contributed by atoms with Gasteiger partial charge in [0.2, 0.25) is 0 Å². The highest BCUT2D eigenvalue weighted by atomic mass is 16.3. The van der Waals surface area contributed by atoms with Crippen LogP contribution in [0.4, 0.5) is 0 Å². The summed E-state index contributed by atoms with van der Waals surface area (Å²) >= 11 is 0. The Hall–Kier alpha value is -1.58. The van der Waals surface area contributed by atoms with Crippen molar-refractivity contribution in [3.63, 3.8) is 0 Å². The van der Waals surface area contributed by atoms with E-state index in [4.69, 9.17) is 10.8 Å². The predicted octanol–water partition coefficient (Wildman–Crippen LogP) is 1.67. The van der Waals surface area contributed by atoms with Crippen LogP contribution in [0.15, 0.2) is 42.6 Å². The van der Waals surface area contributed by atoms with Crippen molar-refractivity contribution in [1.29, 1.82) is 0 Å². The Morgan fingerprint density at radius 1 is 1.20 bits per heavy atom. The number of rotatable bonds is 3. The Morgan fingerprint density at radius 3 is 2.60 bits per heavy atom. The van der Waals surface area contributed by atoms with Crippen LogP contribution in [0, 0.1) is 0 Å². The van der Waals surface area contributed by atoms with Crippen molar-refractivity contribution in [3.8, 4) is 11.1 Å². The molecule has 0 aliphatic carbocycles. The maximum absolute atomic E-state index is 9.03. The normalized spacial score (nSPS) is 12.7. The molecule has 0 unspecified atom stereocenters. The van der Waals surface area contributed by atoms with E-state index in [0.29, 0.717) is 0 Å². The van der Waals surface area contributed by atoms with Crippen molar-refractivity contribution >= 4 is 0 Å². The molecule has 0 amide bonds. The lowest BCUT2D eigenvalue weighted by atomic mass is 10.0. The van der Waals surface area contributed by atoms with Gasteiger partial charge in [-0.25, -0.2) is 0 Å². The molecule has 0 fully saturated rings. The molecule has 0 radical (unpaired) electrons. The Bertz CT molecular complexity index is 422. The summed E-state index contributed by atoms with van der Waals surface area (Å²) in [6.07, 6.45) is 1.84. The van der Waals surface area contributed by atoms with E-state index in [1.807, 2.05) is 42.6 Å². The third kappa shape index (κ3) is 1.93. The first-order valence-electron chi connectivity index (χ1n) is 4.92. The fourth-order valence-electron chi connectivity index (χ4n) is 1.65. The summed E-state index contributed by atoms with van der Waals surface area (Å²) in [6.45, 7) is -0.0552. The predicted molar refractivity (Wildman–Crippen MR) is 60.2 cm³/mol. The molecule has 1 atom stereocenters. The molecular weight excluding hydrogens is 188 g/mol. The van der Waals surface area contributed by atoms with Gasteiger partial charge in [-0.1, -0.05) is 30.3 Å². The van der Waals surface area contributed by atoms with E-state index in [2.05, 4.69) is 4.98 Å². The highest BCUT2D eigenvalue weighted by Crippen LogP contribution is 2.25. The zero-order valence-corrected chi connectivity index (χ0v) is 8.35. The van der Waals surface area contributed by atoms with Gasteiger partial charge >= 0.3 is 0 Å². The molecule has 0 spiro atoms. The first-order chi connectivity index (χ1) is 7.33. The average molecular weight is 202 g/mol. The standard InChI is InChI=1S/C12H14N2O/c13-11(8-15)12-10(6-7-14-12)9-4-2-1-3-5-9/h1-7,11,14-15H,8,13H2/t11-/m0/s1. The third-order valence-corrected chi connectivity index (χ3v) is 2.43. The Morgan fingerprint density at radius 2 is 1.93 bits per heavy atom. The molecule has 3 nitrogen and oxygen atoms in total. The second-order valence-electron chi connectivity index (χ2n) is 3.46. The molecule has 1 aromatic heterocycles. The Kier molecular flexibility index (Phi) is 2.85. The molecular formula is C12H14N2O. The molecule has 0 saturated heterocycles. The minimum atomic E-state index is -0.352. The van der Waals surface area contributed by atoms with Crippen LogP contribution >= 0.6 is 0 Å². The van der Waals surface area contributed by atoms with Gasteiger partial charge in [0.15, 0.2) is 0 Å². The van der Waals surface area contributed by atoms with E-state index in [1.165, 1.54) is 0 Å². The molecule has 3 heteroatoms. The minimum absolute atomic E-state index is 0.0552. The number of nitrogens with two attached hydrogens (primary N) is 1. The molecule has 0 aliphatic heterocycles. The number of nitrogens with one attached hydrogen (secondary N) is 1. The van der Waals surface area contributed by atoms with Gasteiger partial charge in [-0.3, -0.25) is 0 Å². The van der Waals surface area contributed by atoms with Crippen LogP contribution in [0.25, 0.3) is 11.1 Å². The van der Waals surface area contributed by atoms with Crippen molar-refractivity contribution < 1.29 is 5.11 Å². The first kappa shape index (κ1) is 9.96. The molecule has 4 N–H and O–H groups in total. The molecule has 0 bridgehead atoms. The van der Waals surface area contributed by atoms with E-state index >= 15 is 0 Å². The van der Waals surface area contributed by atoms with Gasteiger partial charge < -0.3 is 15.8 Å². The summed E-state index contributed by atoms with van der Waals surface area (Å²) in [5.41, 5.74) is 8.84. The molecule has 0 saturated carbocycles. The number of aromatic amines is 1. The maximum Gasteiger partial charge on any atom is 0.0689 e.